The van der Waals surface area contributed by atoms with Crippen LogP contribution in [0.3, 0.4) is 0 Å². The second-order valence-corrected chi connectivity index (χ2v) is 10.8. The highest BCUT2D eigenvalue weighted by Gasteiger charge is 2.28. The number of rotatable bonds is 6. The summed E-state index contributed by atoms with van der Waals surface area (Å²) in [6.45, 7) is 7.46. The maximum Gasteiger partial charge on any atom is 0.125 e. The molecular weight excluding hydrogens is 264 g/mol. The van der Waals surface area contributed by atoms with E-state index in [1.54, 1.807) is 11.3 Å². The van der Waals surface area contributed by atoms with E-state index in [9.17, 15) is 4.79 Å². The summed E-state index contributed by atoms with van der Waals surface area (Å²) in [5.41, 5.74) is 0. The number of thiophene rings is 1. The third-order valence-electron chi connectivity index (χ3n) is 3.20. The quantitative estimate of drug-likeness (QED) is 0.744. The van der Waals surface area contributed by atoms with Gasteiger partial charge in [0.2, 0.25) is 0 Å². The van der Waals surface area contributed by atoms with Crippen LogP contribution in [-0.2, 0) is 21.8 Å². The lowest BCUT2D eigenvalue weighted by Crippen LogP contribution is -2.25. The first-order valence-corrected chi connectivity index (χ1v) is 9.34. The van der Waals surface area contributed by atoms with Crippen molar-refractivity contribution < 1.29 is 8.98 Å². The van der Waals surface area contributed by atoms with Crippen LogP contribution >= 0.6 is 21.6 Å². The molecule has 0 unspecified atom stereocenters. The van der Waals surface area contributed by atoms with Crippen molar-refractivity contribution in [2.24, 2.45) is 0 Å². The highest BCUT2D eigenvalue weighted by atomic mass is 32.3. The number of carbonyl (C=O) groups excluding carboxylic acids is 1. The van der Waals surface area contributed by atoms with Crippen LogP contribution in [0.4, 0.5) is 0 Å². The molecule has 1 aromatic rings. The van der Waals surface area contributed by atoms with Crippen LogP contribution in [0.15, 0.2) is 12.1 Å². The minimum atomic E-state index is -1.02. The summed E-state index contributed by atoms with van der Waals surface area (Å²) in [6, 6.07) is 4.14. The minimum absolute atomic E-state index is 0.213. The Morgan fingerprint density at radius 2 is 1.89 bits per heavy atom. The maximum atomic E-state index is 10.4. The largest absolute Gasteiger partial charge is 0.336 e. The van der Waals surface area contributed by atoms with E-state index in [4.69, 9.17) is 4.18 Å². The third kappa shape index (κ3) is 4.41. The van der Waals surface area contributed by atoms with E-state index in [2.05, 4.69) is 39.3 Å². The molecule has 0 atom stereocenters. The second kappa shape index (κ2) is 6.22. The van der Waals surface area contributed by atoms with Gasteiger partial charge in [0.05, 0.1) is 6.61 Å². The van der Waals surface area contributed by atoms with Crippen LogP contribution in [0, 0.1) is 0 Å². The highest BCUT2D eigenvalue weighted by molar-refractivity contribution is 8.29. The summed E-state index contributed by atoms with van der Waals surface area (Å²) in [4.78, 5) is 12.9. The Kier molecular flexibility index (Phi) is 5.44. The molecule has 1 heterocycles. The van der Waals surface area contributed by atoms with Crippen molar-refractivity contribution in [3.63, 3.8) is 0 Å². The molecule has 1 aromatic heterocycles. The van der Waals surface area contributed by atoms with Crippen molar-refractivity contribution in [1.29, 1.82) is 0 Å². The van der Waals surface area contributed by atoms with Gasteiger partial charge in [-0.15, -0.1) is 21.6 Å². The van der Waals surface area contributed by atoms with E-state index in [-0.39, 0.29) is 4.75 Å². The zero-order chi connectivity index (χ0) is 13.8. The standard InChI is InChI=1S/C14H24O2S2/c1-14(2,3)18(4,5)16-11-9-13-7-6-12(17-13)8-10-15/h6-7,10H,8-9,11H2,1-5H3. The Labute approximate surface area is 116 Å². The van der Waals surface area contributed by atoms with Gasteiger partial charge in [-0.3, -0.25) is 0 Å². The summed E-state index contributed by atoms with van der Waals surface area (Å²) >= 11 is 1.71. The SMILES string of the molecule is CC(C)(C)S(C)(C)OCCc1ccc(CC=O)s1. The number of aldehydes is 1. The van der Waals surface area contributed by atoms with Crippen molar-refractivity contribution in [1.82, 2.24) is 0 Å². The molecule has 104 valence electrons. The van der Waals surface area contributed by atoms with E-state index in [1.165, 1.54) is 4.88 Å². The first-order chi connectivity index (χ1) is 8.26. The van der Waals surface area contributed by atoms with Gasteiger partial charge in [0.15, 0.2) is 0 Å². The Morgan fingerprint density at radius 1 is 1.28 bits per heavy atom. The van der Waals surface area contributed by atoms with Crippen LogP contribution < -0.4 is 0 Å². The highest BCUT2D eigenvalue weighted by Crippen LogP contribution is 2.53. The molecule has 18 heavy (non-hydrogen) atoms. The summed E-state index contributed by atoms with van der Waals surface area (Å²) in [6.07, 6.45) is 6.87. The fourth-order valence-corrected chi connectivity index (χ4v) is 3.08. The molecule has 2 nitrogen and oxygen atoms in total. The molecule has 0 N–H and O–H groups in total. The molecular formula is C14H24O2S2. The normalized spacial score (nSPS) is 13.6. The molecule has 0 aromatic carbocycles. The predicted molar refractivity (Wildman–Crippen MR) is 82.9 cm³/mol. The topological polar surface area (TPSA) is 26.3 Å². The van der Waals surface area contributed by atoms with Crippen LogP contribution in [0.5, 0.6) is 0 Å². The maximum absolute atomic E-state index is 10.4. The number of carbonyl (C=O) groups is 1. The summed E-state index contributed by atoms with van der Waals surface area (Å²) in [5.74, 6) is 0. The molecule has 0 saturated carbocycles. The van der Waals surface area contributed by atoms with Gasteiger partial charge in [0.25, 0.3) is 0 Å². The van der Waals surface area contributed by atoms with Gasteiger partial charge >= 0.3 is 0 Å². The summed E-state index contributed by atoms with van der Waals surface area (Å²) in [7, 11) is -1.02. The average Bonchev–Trinajstić information content (AvgIpc) is 2.64. The zero-order valence-electron chi connectivity index (χ0n) is 12.0. The Balaban J connectivity index is 2.44. The minimum Gasteiger partial charge on any atom is -0.336 e. The van der Waals surface area contributed by atoms with Crippen molar-refractivity contribution in [2.45, 2.75) is 38.4 Å². The molecule has 0 spiro atoms. The number of hydrogen-bond acceptors (Lipinski definition) is 3. The van der Waals surface area contributed by atoms with Gasteiger partial charge < -0.3 is 8.98 Å². The van der Waals surface area contributed by atoms with Crippen LogP contribution in [0.2, 0.25) is 0 Å². The van der Waals surface area contributed by atoms with Crippen molar-refractivity contribution in [3.8, 4) is 0 Å². The lowest BCUT2D eigenvalue weighted by Gasteiger charge is -2.43. The zero-order valence-corrected chi connectivity index (χ0v) is 13.6. The average molecular weight is 288 g/mol. The molecule has 0 saturated heterocycles. The molecule has 4 heteroatoms. The van der Waals surface area contributed by atoms with Gasteiger partial charge in [-0.25, -0.2) is 0 Å². The molecule has 0 aliphatic heterocycles. The molecule has 0 fully saturated rings. The van der Waals surface area contributed by atoms with Crippen LogP contribution in [0.1, 0.15) is 30.5 Å². The lowest BCUT2D eigenvalue weighted by molar-refractivity contribution is -0.107. The predicted octanol–water partition coefficient (Wildman–Crippen LogP) is 3.83. The number of hydrogen-bond donors (Lipinski definition) is 0. The first kappa shape index (κ1) is 15.7. The summed E-state index contributed by atoms with van der Waals surface area (Å²) in [5, 5.41) is 0. The second-order valence-electron chi connectivity index (χ2n) is 5.66. The molecule has 0 radical (unpaired) electrons. The molecule has 0 bridgehead atoms. The fourth-order valence-electron chi connectivity index (χ4n) is 1.28. The fraction of sp³-hybridized carbons (Fsp3) is 0.643. The molecule has 0 aliphatic carbocycles. The van der Waals surface area contributed by atoms with Crippen molar-refractivity contribution in [2.75, 3.05) is 19.1 Å². The van der Waals surface area contributed by atoms with E-state index in [0.717, 1.165) is 24.2 Å². The Hall–Kier alpha value is -0.320. The van der Waals surface area contributed by atoms with Crippen LogP contribution in [0.25, 0.3) is 0 Å². The van der Waals surface area contributed by atoms with Crippen molar-refractivity contribution in [3.05, 3.63) is 21.9 Å². The van der Waals surface area contributed by atoms with Crippen LogP contribution in [-0.4, -0.2) is 30.2 Å². The Bertz CT molecular complexity index is 389. The third-order valence-corrected chi connectivity index (χ3v) is 8.08. The van der Waals surface area contributed by atoms with E-state index in [0.29, 0.717) is 6.42 Å². The van der Waals surface area contributed by atoms with E-state index < -0.39 is 10.3 Å². The molecule has 0 amide bonds. The van der Waals surface area contributed by atoms with Gasteiger partial charge in [-0.2, -0.15) is 0 Å². The van der Waals surface area contributed by atoms with E-state index in [1.807, 2.05) is 6.07 Å². The van der Waals surface area contributed by atoms with Gasteiger partial charge in [0.1, 0.15) is 6.29 Å². The van der Waals surface area contributed by atoms with Crippen molar-refractivity contribution >= 4 is 27.9 Å². The molecule has 0 aliphatic rings. The monoisotopic (exact) mass is 288 g/mol. The van der Waals surface area contributed by atoms with Gasteiger partial charge in [0, 0.05) is 27.3 Å². The lowest BCUT2D eigenvalue weighted by atomic mass is 10.3. The molecule has 1 rings (SSSR count). The summed E-state index contributed by atoms with van der Waals surface area (Å²) < 4.78 is 6.30. The smallest absolute Gasteiger partial charge is 0.125 e. The van der Waals surface area contributed by atoms with Gasteiger partial charge in [-0.1, -0.05) is 20.8 Å². The van der Waals surface area contributed by atoms with E-state index >= 15 is 0 Å². The van der Waals surface area contributed by atoms with Gasteiger partial charge in [-0.05, 0) is 24.6 Å². The first-order valence-electron chi connectivity index (χ1n) is 6.15. The Morgan fingerprint density at radius 3 is 2.44 bits per heavy atom.